The van der Waals surface area contributed by atoms with Crippen LogP contribution in [0.2, 0.25) is 0 Å². The van der Waals surface area contributed by atoms with Crippen molar-refractivity contribution in [3.8, 4) is 0 Å². The van der Waals surface area contributed by atoms with Gasteiger partial charge in [0, 0.05) is 11.3 Å². The molecule has 0 heterocycles. The summed E-state index contributed by atoms with van der Waals surface area (Å²) in [5.74, 6) is 1.32. The molecule has 0 N–H and O–H groups in total. The van der Waals surface area contributed by atoms with Gasteiger partial charge in [0.1, 0.15) is 5.78 Å². The molecule has 0 aliphatic rings. The molecule has 0 aromatic heterocycles. The minimum Gasteiger partial charge on any atom is -0.300 e. The molecule has 0 aliphatic carbocycles. The van der Waals surface area contributed by atoms with Gasteiger partial charge < -0.3 is 4.79 Å². The van der Waals surface area contributed by atoms with Gasteiger partial charge in [0.25, 0.3) is 0 Å². The second-order valence-electron chi connectivity index (χ2n) is 3.92. The molecule has 0 saturated heterocycles. The maximum Gasteiger partial charge on any atom is 0.129 e. The molecule has 0 bridgehead atoms. The first-order valence-electron chi connectivity index (χ1n) is 5.29. The summed E-state index contributed by atoms with van der Waals surface area (Å²) in [6.07, 6.45) is 1.69. The SMILES string of the molecule is CC(=O)CCCSc1cc(C)ccc1C. The molecule has 0 radical (unpaired) electrons. The normalized spacial score (nSPS) is 10.3. The molecule has 0 aliphatic heterocycles. The van der Waals surface area contributed by atoms with Gasteiger partial charge in [0.2, 0.25) is 0 Å². The summed E-state index contributed by atoms with van der Waals surface area (Å²) < 4.78 is 0. The number of ketones is 1. The largest absolute Gasteiger partial charge is 0.300 e. The maximum atomic E-state index is 10.8. The van der Waals surface area contributed by atoms with Crippen LogP contribution in [0.5, 0.6) is 0 Å². The summed E-state index contributed by atoms with van der Waals surface area (Å²) in [6, 6.07) is 6.51. The van der Waals surface area contributed by atoms with Crippen LogP contribution in [-0.4, -0.2) is 11.5 Å². The Morgan fingerprint density at radius 1 is 1.33 bits per heavy atom. The van der Waals surface area contributed by atoms with Crippen LogP contribution >= 0.6 is 11.8 Å². The zero-order chi connectivity index (χ0) is 11.3. The van der Waals surface area contributed by atoms with Crippen molar-refractivity contribution in [2.24, 2.45) is 0 Å². The molecule has 0 saturated carbocycles. The fourth-order valence-corrected chi connectivity index (χ4v) is 2.44. The van der Waals surface area contributed by atoms with E-state index in [1.54, 1.807) is 6.92 Å². The average Bonchev–Trinajstić information content (AvgIpc) is 2.17. The third kappa shape index (κ3) is 4.52. The van der Waals surface area contributed by atoms with Crippen molar-refractivity contribution in [3.63, 3.8) is 0 Å². The van der Waals surface area contributed by atoms with Gasteiger partial charge >= 0.3 is 0 Å². The summed E-state index contributed by atoms with van der Waals surface area (Å²) in [5.41, 5.74) is 2.63. The van der Waals surface area contributed by atoms with Crippen LogP contribution in [0.3, 0.4) is 0 Å². The Bertz CT molecular complexity index is 344. The first-order chi connectivity index (χ1) is 7.09. The van der Waals surface area contributed by atoms with Gasteiger partial charge in [0.05, 0.1) is 0 Å². The van der Waals surface area contributed by atoms with Crippen LogP contribution in [-0.2, 0) is 4.79 Å². The van der Waals surface area contributed by atoms with Gasteiger partial charge in [-0.15, -0.1) is 11.8 Å². The van der Waals surface area contributed by atoms with E-state index in [0.717, 1.165) is 12.2 Å². The van der Waals surface area contributed by atoms with Gasteiger partial charge in [-0.2, -0.15) is 0 Å². The molecule has 0 spiro atoms. The molecular weight excluding hydrogens is 204 g/mol. The minimum absolute atomic E-state index is 0.288. The van der Waals surface area contributed by atoms with Gasteiger partial charge in [-0.3, -0.25) is 0 Å². The highest BCUT2D eigenvalue weighted by molar-refractivity contribution is 7.99. The number of rotatable bonds is 5. The lowest BCUT2D eigenvalue weighted by Crippen LogP contribution is -1.91. The summed E-state index contributed by atoms with van der Waals surface area (Å²) in [5, 5.41) is 0. The molecular formula is C13H18OS. The van der Waals surface area contributed by atoms with Crippen LogP contribution < -0.4 is 0 Å². The number of hydrogen-bond acceptors (Lipinski definition) is 2. The van der Waals surface area contributed by atoms with E-state index in [4.69, 9.17) is 0 Å². The van der Waals surface area contributed by atoms with Crippen molar-refractivity contribution in [1.29, 1.82) is 0 Å². The fourth-order valence-electron chi connectivity index (χ4n) is 1.37. The van der Waals surface area contributed by atoms with E-state index < -0.39 is 0 Å². The molecule has 2 heteroatoms. The number of hydrogen-bond donors (Lipinski definition) is 0. The average molecular weight is 222 g/mol. The predicted molar refractivity (Wildman–Crippen MR) is 66.6 cm³/mol. The first kappa shape index (κ1) is 12.3. The van der Waals surface area contributed by atoms with Gasteiger partial charge in [-0.25, -0.2) is 0 Å². The molecule has 1 aromatic carbocycles. The summed E-state index contributed by atoms with van der Waals surface area (Å²) in [4.78, 5) is 12.1. The molecule has 82 valence electrons. The molecule has 0 unspecified atom stereocenters. The zero-order valence-corrected chi connectivity index (χ0v) is 10.5. The predicted octanol–water partition coefficient (Wildman–Crippen LogP) is 3.76. The third-order valence-electron chi connectivity index (χ3n) is 2.27. The van der Waals surface area contributed by atoms with E-state index in [-0.39, 0.29) is 5.78 Å². The monoisotopic (exact) mass is 222 g/mol. The lowest BCUT2D eigenvalue weighted by molar-refractivity contribution is -0.117. The Morgan fingerprint density at radius 2 is 2.07 bits per heavy atom. The highest BCUT2D eigenvalue weighted by atomic mass is 32.2. The second kappa shape index (κ2) is 5.96. The molecule has 0 amide bonds. The van der Waals surface area contributed by atoms with E-state index in [1.165, 1.54) is 16.0 Å². The van der Waals surface area contributed by atoms with E-state index in [0.29, 0.717) is 6.42 Å². The van der Waals surface area contributed by atoms with Crippen molar-refractivity contribution >= 4 is 17.5 Å². The third-order valence-corrected chi connectivity index (χ3v) is 3.52. The molecule has 0 atom stereocenters. The smallest absolute Gasteiger partial charge is 0.129 e. The lowest BCUT2D eigenvalue weighted by atomic mass is 10.2. The number of carbonyl (C=O) groups is 1. The minimum atomic E-state index is 0.288. The van der Waals surface area contributed by atoms with Crippen LogP contribution in [0, 0.1) is 13.8 Å². The van der Waals surface area contributed by atoms with E-state index in [1.807, 2.05) is 11.8 Å². The molecule has 1 rings (SSSR count). The summed E-state index contributed by atoms with van der Waals surface area (Å²) >= 11 is 1.85. The van der Waals surface area contributed by atoms with E-state index in [9.17, 15) is 4.79 Å². The molecule has 1 nitrogen and oxygen atoms in total. The van der Waals surface area contributed by atoms with Gasteiger partial charge in [-0.05, 0) is 44.6 Å². The molecule has 15 heavy (non-hydrogen) atoms. The van der Waals surface area contributed by atoms with Gasteiger partial charge in [0.15, 0.2) is 0 Å². The van der Waals surface area contributed by atoms with E-state index in [2.05, 4.69) is 32.0 Å². The van der Waals surface area contributed by atoms with Crippen molar-refractivity contribution in [3.05, 3.63) is 29.3 Å². The molecule has 1 aromatic rings. The topological polar surface area (TPSA) is 17.1 Å². The number of aryl methyl sites for hydroxylation is 2. The Morgan fingerprint density at radius 3 is 2.73 bits per heavy atom. The van der Waals surface area contributed by atoms with Crippen LogP contribution in [0.4, 0.5) is 0 Å². The van der Waals surface area contributed by atoms with Crippen molar-refractivity contribution in [2.75, 3.05) is 5.75 Å². The van der Waals surface area contributed by atoms with Crippen LogP contribution in [0.1, 0.15) is 30.9 Å². The Labute approximate surface area is 96.3 Å². The Hall–Kier alpha value is -0.760. The first-order valence-corrected chi connectivity index (χ1v) is 6.27. The Balaban J connectivity index is 2.43. The molecule has 0 fully saturated rings. The van der Waals surface area contributed by atoms with Crippen LogP contribution in [0.15, 0.2) is 23.1 Å². The fraction of sp³-hybridized carbons (Fsp3) is 0.462. The van der Waals surface area contributed by atoms with Gasteiger partial charge in [-0.1, -0.05) is 17.7 Å². The Kier molecular flexibility index (Phi) is 4.89. The van der Waals surface area contributed by atoms with Crippen LogP contribution in [0.25, 0.3) is 0 Å². The van der Waals surface area contributed by atoms with Crippen molar-refractivity contribution < 1.29 is 4.79 Å². The zero-order valence-electron chi connectivity index (χ0n) is 9.67. The number of Topliss-reactive ketones (excluding diaryl/α,β-unsaturated/α-hetero) is 1. The lowest BCUT2D eigenvalue weighted by Gasteiger charge is -2.06. The quantitative estimate of drug-likeness (QED) is 0.557. The number of carbonyl (C=O) groups excluding carboxylic acids is 1. The standard InChI is InChI=1S/C13H18OS/c1-10-6-7-11(2)13(9-10)15-8-4-5-12(3)14/h6-7,9H,4-5,8H2,1-3H3. The van der Waals surface area contributed by atoms with E-state index >= 15 is 0 Å². The highest BCUT2D eigenvalue weighted by Gasteiger charge is 2.00. The van der Waals surface area contributed by atoms with Crippen molar-refractivity contribution in [2.45, 2.75) is 38.5 Å². The highest BCUT2D eigenvalue weighted by Crippen LogP contribution is 2.24. The maximum absolute atomic E-state index is 10.8. The number of thioether (sulfide) groups is 1. The summed E-state index contributed by atoms with van der Waals surface area (Å²) in [6.45, 7) is 5.90. The summed E-state index contributed by atoms with van der Waals surface area (Å²) in [7, 11) is 0. The second-order valence-corrected chi connectivity index (χ2v) is 5.06. The van der Waals surface area contributed by atoms with Crippen molar-refractivity contribution in [1.82, 2.24) is 0 Å². The number of benzene rings is 1.